The summed E-state index contributed by atoms with van der Waals surface area (Å²) in [5, 5.41) is 33.8. The molecule has 0 aliphatic carbocycles. The second-order valence-corrected chi connectivity index (χ2v) is 2.24. The van der Waals surface area contributed by atoms with Gasteiger partial charge < -0.3 is 25.2 Å². The van der Waals surface area contributed by atoms with Gasteiger partial charge in [-0.1, -0.05) is 0 Å². The first-order valence-electron chi connectivity index (χ1n) is 3.35. The van der Waals surface area contributed by atoms with Crippen LogP contribution in [-0.4, -0.2) is 51.4 Å². The third-order valence-electron chi connectivity index (χ3n) is 1.21. The first kappa shape index (κ1) is 11.8. The van der Waals surface area contributed by atoms with E-state index in [0.29, 0.717) is 0 Å². The fraction of sp³-hybridized carbons (Fsp3) is 0.667. The topological polar surface area (TPSA) is 124 Å². The molecule has 0 aliphatic rings. The highest BCUT2D eigenvalue weighted by atomic mass is 16.7. The molecule has 0 rings (SSSR count). The normalized spacial score (nSPS) is 14.9. The maximum atomic E-state index is 10.2. The van der Waals surface area contributed by atoms with Gasteiger partial charge in [-0.25, -0.2) is 4.79 Å². The molecule has 76 valence electrons. The maximum absolute atomic E-state index is 10.2. The molecule has 0 amide bonds. The molecular weight excluding hydrogens is 184 g/mol. The lowest BCUT2D eigenvalue weighted by molar-refractivity contribution is -0.236. The standard InChI is InChI=1S/C6H10O7/c7-3-6(12,5(10)11)13-2-1-4(8)9/h7,12H,1-3H2,(H,8,9)(H,10,11). The highest BCUT2D eigenvalue weighted by molar-refractivity contribution is 5.75. The van der Waals surface area contributed by atoms with E-state index in [1.165, 1.54) is 0 Å². The summed E-state index contributed by atoms with van der Waals surface area (Å²) < 4.78 is 4.28. The van der Waals surface area contributed by atoms with Crippen molar-refractivity contribution in [3.05, 3.63) is 0 Å². The van der Waals surface area contributed by atoms with Gasteiger partial charge in [0.05, 0.1) is 13.0 Å². The van der Waals surface area contributed by atoms with Crippen molar-refractivity contribution in [1.82, 2.24) is 0 Å². The van der Waals surface area contributed by atoms with Crippen LogP contribution in [0.5, 0.6) is 0 Å². The summed E-state index contributed by atoms with van der Waals surface area (Å²) in [6.45, 7) is -1.62. The Morgan fingerprint density at radius 2 is 1.85 bits per heavy atom. The van der Waals surface area contributed by atoms with E-state index in [9.17, 15) is 9.59 Å². The Hall–Kier alpha value is -1.18. The number of carbonyl (C=O) groups is 2. The van der Waals surface area contributed by atoms with Crippen LogP contribution in [0.2, 0.25) is 0 Å². The zero-order valence-electron chi connectivity index (χ0n) is 6.63. The van der Waals surface area contributed by atoms with Crippen molar-refractivity contribution < 1.29 is 34.8 Å². The predicted octanol–water partition coefficient (Wildman–Crippen LogP) is -1.76. The van der Waals surface area contributed by atoms with Crippen molar-refractivity contribution in [3.8, 4) is 0 Å². The Morgan fingerprint density at radius 1 is 1.31 bits per heavy atom. The van der Waals surface area contributed by atoms with E-state index in [1.54, 1.807) is 0 Å². The molecule has 7 nitrogen and oxygen atoms in total. The Bertz CT molecular complexity index is 201. The van der Waals surface area contributed by atoms with Crippen LogP contribution in [0.15, 0.2) is 0 Å². The largest absolute Gasteiger partial charge is 0.481 e. The van der Waals surface area contributed by atoms with Crippen LogP contribution in [0, 0.1) is 0 Å². The van der Waals surface area contributed by atoms with Crippen LogP contribution in [0.3, 0.4) is 0 Å². The molecule has 0 saturated carbocycles. The third kappa shape index (κ3) is 3.83. The maximum Gasteiger partial charge on any atom is 0.366 e. The number of rotatable bonds is 6. The zero-order chi connectivity index (χ0) is 10.5. The van der Waals surface area contributed by atoms with Crippen molar-refractivity contribution >= 4 is 11.9 Å². The summed E-state index contributed by atoms with van der Waals surface area (Å²) in [5.74, 6) is -5.67. The van der Waals surface area contributed by atoms with Crippen molar-refractivity contribution in [1.29, 1.82) is 0 Å². The fourth-order valence-corrected chi connectivity index (χ4v) is 0.482. The highest BCUT2D eigenvalue weighted by Crippen LogP contribution is 2.06. The molecule has 1 unspecified atom stereocenters. The van der Waals surface area contributed by atoms with Crippen molar-refractivity contribution in [2.75, 3.05) is 13.2 Å². The van der Waals surface area contributed by atoms with Crippen LogP contribution in [0.4, 0.5) is 0 Å². The monoisotopic (exact) mass is 194 g/mol. The SMILES string of the molecule is O=C(O)CCOC(O)(CO)C(=O)O. The molecule has 0 aromatic carbocycles. The van der Waals surface area contributed by atoms with Crippen LogP contribution >= 0.6 is 0 Å². The summed E-state index contributed by atoms with van der Waals surface area (Å²) in [6.07, 6.45) is -0.449. The van der Waals surface area contributed by atoms with Crippen molar-refractivity contribution in [2.24, 2.45) is 0 Å². The van der Waals surface area contributed by atoms with E-state index in [0.717, 1.165) is 0 Å². The molecule has 4 N–H and O–H groups in total. The van der Waals surface area contributed by atoms with Crippen LogP contribution in [-0.2, 0) is 14.3 Å². The summed E-state index contributed by atoms with van der Waals surface area (Å²) >= 11 is 0. The molecule has 1 atom stereocenters. The van der Waals surface area contributed by atoms with Gasteiger partial charge in [0.15, 0.2) is 0 Å². The molecule has 0 fully saturated rings. The first-order chi connectivity index (χ1) is 5.92. The number of ether oxygens (including phenoxy) is 1. The average molecular weight is 194 g/mol. The van der Waals surface area contributed by atoms with Crippen LogP contribution in [0.1, 0.15) is 6.42 Å². The van der Waals surface area contributed by atoms with E-state index in [1.807, 2.05) is 0 Å². The van der Waals surface area contributed by atoms with Crippen LogP contribution in [0.25, 0.3) is 0 Å². The number of aliphatic carboxylic acids is 2. The Balaban J connectivity index is 3.98. The van der Waals surface area contributed by atoms with Gasteiger partial charge in [0.25, 0.3) is 5.79 Å². The zero-order valence-corrected chi connectivity index (χ0v) is 6.63. The lowest BCUT2D eigenvalue weighted by Crippen LogP contribution is -2.45. The second kappa shape index (κ2) is 4.75. The second-order valence-electron chi connectivity index (χ2n) is 2.24. The molecule has 7 heteroatoms. The molecule has 0 radical (unpaired) electrons. The third-order valence-corrected chi connectivity index (χ3v) is 1.21. The van der Waals surface area contributed by atoms with E-state index in [-0.39, 0.29) is 0 Å². The van der Waals surface area contributed by atoms with Gasteiger partial charge in [-0.2, -0.15) is 0 Å². The molecule has 0 bridgehead atoms. The van der Waals surface area contributed by atoms with Gasteiger partial charge in [0.2, 0.25) is 0 Å². The summed E-state index contributed by atoms with van der Waals surface area (Å²) in [7, 11) is 0. The minimum atomic E-state index is -2.71. The number of aliphatic hydroxyl groups is 2. The summed E-state index contributed by atoms with van der Waals surface area (Å²) in [6, 6.07) is 0. The minimum absolute atomic E-state index is 0.449. The summed E-state index contributed by atoms with van der Waals surface area (Å²) in [4.78, 5) is 20.2. The van der Waals surface area contributed by atoms with Gasteiger partial charge >= 0.3 is 11.9 Å². The molecule has 0 aliphatic heterocycles. The molecule has 13 heavy (non-hydrogen) atoms. The van der Waals surface area contributed by atoms with Crippen LogP contribution < -0.4 is 0 Å². The molecular formula is C6H10O7. The number of carboxylic acids is 2. The van der Waals surface area contributed by atoms with E-state index >= 15 is 0 Å². The Morgan fingerprint density at radius 3 is 2.15 bits per heavy atom. The number of hydrogen-bond acceptors (Lipinski definition) is 5. The number of carboxylic acid groups (broad SMARTS) is 2. The van der Waals surface area contributed by atoms with Gasteiger partial charge in [0.1, 0.15) is 6.61 Å². The number of aliphatic hydroxyl groups excluding tert-OH is 1. The molecule has 0 aromatic heterocycles. The molecule has 0 heterocycles. The quantitative estimate of drug-likeness (QED) is 0.369. The van der Waals surface area contributed by atoms with E-state index in [4.69, 9.17) is 20.4 Å². The lowest BCUT2D eigenvalue weighted by atomic mass is 10.3. The first-order valence-corrected chi connectivity index (χ1v) is 3.35. The van der Waals surface area contributed by atoms with E-state index in [2.05, 4.69) is 4.74 Å². The van der Waals surface area contributed by atoms with E-state index < -0.39 is 37.4 Å². The number of hydrogen-bond donors (Lipinski definition) is 4. The Labute approximate surface area is 73.2 Å². The smallest absolute Gasteiger partial charge is 0.366 e. The Kier molecular flexibility index (Phi) is 4.32. The molecule has 0 aromatic rings. The van der Waals surface area contributed by atoms with Crippen molar-refractivity contribution in [2.45, 2.75) is 12.2 Å². The van der Waals surface area contributed by atoms with Gasteiger partial charge in [-0.3, -0.25) is 4.79 Å². The minimum Gasteiger partial charge on any atom is -0.481 e. The van der Waals surface area contributed by atoms with Crippen molar-refractivity contribution in [3.63, 3.8) is 0 Å². The molecule has 0 spiro atoms. The average Bonchev–Trinajstić information content (AvgIpc) is 2.03. The van der Waals surface area contributed by atoms with Gasteiger partial charge in [-0.15, -0.1) is 0 Å². The summed E-state index contributed by atoms with van der Waals surface area (Å²) in [5.41, 5.74) is 0. The predicted molar refractivity (Wildman–Crippen MR) is 37.9 cm³/mol. The van der Waals surface area contributed by atoms with Gasteiger partial charge in [-0.05, 0) is 0 Å². The lowest BCUT2D eigenvalue weighted by Gasteiger charge is -2.20. The molecule has 0 saturated heterocycles. The van der Waals surface area contributed by atoms with Gasteiger partial charge in [0, 0.05) is 0 Å². The highest BCUT2D eigenvalue weighted by Gasteiger charge is 2.36. The fourth-order valence-electron chi connectivity index (χ4n) is 0.482.